The zero-order chi connectivity index (χ0) is 20.0. The summed E-state index contributed by atoms with van der Waals surface area (Å²) in [7, 11) is 0. The van der Waals surface area contributed by atoms with Gasteiger partial charge in [-0.15, -0.1) is 11.8 Å². The average Bonchev–Trinajstić information content (AvgIpc) is 2.65. The number of nitrogens with zero attached hydrogens (tertiary/aromatic N) is 1. The molecule has 1 aliphatic rings. The molecule has 2 rings (SSSR count). The molecule has 2 amide bonds. The predicted octanol–water partition coefficient (Wildman–Crippen LogP) is 3.48. The Morgan fingerprint density at radius 1 is 1.30 bits per heavy atom. The molecule has 6 nitrogen and oxygen atoms in total. The van der Waals surface area contributed by atoms with Crippen LogP contribution in [0.4, 0.5) is 5.69 Å². The Kier molecular flexibility index (Phi) is 7.71. The zero-order valence-electron chi connectivity index (χ0n) is 16.1. The van der Waals surface area contributed by atoms with E-state index in [9.17, 15) is 19.5 Å². The van der Waals surface area contributed by atoms with Gasteiger partial charge in [-0.1, -0.05) is 26.8 Å². The SMILES string of the molecule is CCSC(C(=O)Nc1cccc(C(=O)N2CCCCC2C(=O)O)c1)C(C)C. The second-order valence-electron chi connectivity index (χ2n) is 7.04. The van der Waals surface area contributed by atoms with Gasteiger partial charge in [-0.3, -0.25) is 9.59 Å². The van der Waals surface area contributed by atoms with Crippen LogP contribution in [0.25, 0.3) is 0 Å². The summed E-state index contributed by atoms with van der Waals surface area (Å²) < 4.78 is 0. The first-order valence-corrected chi connectivity index (χ1v) is 10.5. The van der Waals surface area contributed by atoms with E-state index in [0.29, 0.717) is 24.2 Å². The number of likely N-dealkylation sites (tertiary alicyclic amines) is 1. The number of hydrogen-bond donors (Lipinski definition) is 2. The van der Waals surface area contributed by atoms with Crippen LogP contribution in [-0.4, -0.2) is 51.4 Å². The van der Waals surface area contributed by atoms with Gasteiger partial charge < -0.3 is 15.3 Å². The second kappa shape index (κ2) is 9.78. The van der Waals surface area contributed by atoms with Gasteiger partial charge in [0.05, 0.1) is 5.25 Å². The minimum atomic E-state index is -0.969. The Morgan fingerprint density at radius 3 is 2.67 bits per heavy atom. The van der Waals surface area contributed by atoms with Crippen molar-refractivity contribution in [1.29, 1.82) is 0 Å². The lowest BCUT2D eigenvalue weighted by Crippen LogP contribution is -2.48. The summed E-state index contributed by atoms with van der Waals surface area (Å²) in [6.07, 6.45) is 2.08. The smallest absolute Gasteiger partial charge is 0.326 e. The summed E-state index contributed by atoms with van der Waals surface area (Å²) >= 11 is 1.60. The molecule has 27 heavy (non-hydrogen) atoms. The van der Waals surface area contributed by atoms with Crippen LogP contribution < -0.4 is 5.32 Å². The van der Waals surface area contributed by atoms with E-state index in [1.807, 2.05) is 20.8 Å². The largest absolute Gasteiger partial charge is 0.480 e. The lowest BCUT2D eigenvalue weighted by Gasteiger charge is -2.33. The zero-order valence-corrected chi connectivity index (χ0v) is 16.9. The number of anilines is 1. The topological polar surface area (TPSA) is 86.7 Å². The molecule has 2 N–H and O–H groups in total. The maximum Gasteiger partial charge on any atom is 0.326 e. The van der Waals surface area contributed by atoms with Crippen LogP contribution in [-0.2, 0) is 9.59 Å². The maximum absolute atomic E-state index is 12.8. The van der Waals surface area contributed by atoms with E-state index in [4.69, 9.17) is 0 Å². The van der Waals surface area contributed by atoms with Crippen molar-refractivity contribution < 1.29 is 19.5 Å². The molecule has 1 fully saturated rings. The molecule has 1 aromatic carbocycles. The van der Waals surface area contributed by atoms with Crippen LogP contribution in [0.3, 0.4) is 0 Å². The highest BCUT2D eigenvalue weighted by Crippen LogP contribution is 2.23. The molecule has 148 valence electrons. The molecular formula is C20H28N2O4S. The highest BCUT2D eigenvalue weighted by Gasteiger charge is 2.32. The number of carbonyl (C=O) groups is 3. The van der Waals surface area contributed by atoms with Gasteiger partial charge in [0.1, 0.15) is 6.04 Å². The number of hydrogen-bond acceptors (Lipinski definition) is 4. The first-order valence-electron chi connectivity index (χ1n) is 9.41. The van der Waals surface area contributed by atoms with E-state index in [2.05, 4.69) is 5.32 Å². The number of benzene rings is 1. The fraction of sp³-hybridized carbons (Fsp3) is 0.550. The molecule has 0 saturated carbocycles. The molecule has 2 unspecified atom stereocenters. The van der Waals surface area contributed by atoms with Gasteiger partial charge >= 0.3 is 5.97 Å². The van der Waals surface area contributed by atoms with E-state index in [0.717, 1.165) is 18.6 Å². The predicted molar refractivity (Wildman–Crippen MR) is 108 cm³/mol. The van der Waals surface area contributed by atoms with Gasteiger partial charge in [-0.2, -0.15) is 0 Å². The molecule has 0 aromatic heterocycles. The molecule has 1 heterocycles. The number of nitrogens with one attached hydrogen (secondary N) is 1. The summed E-state index contributed by atoms with van der Waals surface area (Å²) in [6.45, 7) is 6.48. The molecule has 0 spiro atoms. The van der Waals surface area contributed by atoms with E-state index < -0.39 is 12.0 Å². The summed E-state index contributed by atoms with van der Waals surface area (Å²) in [6, 6.07) is 5.96. The number of carboxylic acids is 1. The third kappa shape index (κ3) is 5.48. The van der Waals surface area contributed by atoms with Crippen molar-refractivity contribution >= 4 is 35.2 Å². The van der Waals surface area contributed by atoms with E-state index >= 15 is 0 Å². The van der Waals surface area contributed by atoms with Gasteiger partial charge in [0.25, 0.3) is 5.91 Å². The lowest BCUT2D eigenvalue weighted by molar-refractivity contribution is -0.143. The minimum Gasteiger partial charge on any atom is -0.480 e. The normalized spacial score (nSPS) is 18.2. The standard InChI is InChI=1S/C20H28N2O4S/c1-4-27-17(13(2)3)18(23)21-15-9-7-8-14(12-15)19(24)22-11-6-5-10-16(22)20(25)26/h7-9,12-13,16-17H,4-6,10-11H2,1-3H3,(H,21,23)(H,25,26). The summed E-state index contributed by atoms with van der Waals surface area (Å²) in [4.78, 5) is 38.3. The van der Waals surface area contributed by atoms with Crippen molar-refractivity contribution in [3.63, 3.8) is 0 Å². The number of carbonyl (C=O) groups excluding carboxylic acids is 2. The van der Waals surface area contributed by atoms with E-state index in [-0.39, 0.29) is 23.0 Å². The number of carboxylic acid groups (broad SMARTS) is 1. The lowest BCUT2D eigenvalue weighted by atomic mass is 10.0. The second-order valence-corrected chi connectivity index (χ2v) is 8.46. The van der Waals surface area contributed by atoms with Gasteiger partial charge in [0, 0.05) is 17.8 Å². The van der Waals surface area contributed by atoms with Crippen molar-refractivity contribution in [2.45, 2.75) is 51.3 Å². The highest BCUT2D eigenvalue weighted by molar-refractivity contribution is 8.00. The molecule has 7 heteroatoms. The molecule has 0 bridgehead atoms. The minimum absolute atomic E-state index is 0.0807. The van der Waals surface area contributed by atoms with Crippen LogP contribution in [0.1, 0.15) is 50.4 Å². The molecule has 1 saturated heterocycles. The molecule has 1 aliphatic heterocycles. The van der Waals surface area contributed by atoms with Crippen LogP contribution in [0.5, 0.6) is 0 Å². The molecule has 0 aliphatic carbocycles. The Bertz CT molecular complexity index is 692. The third-order valence-corrected chi connectivity index (χ3v) is 6.09. The van der Waals surface area contributed by atoms with Crippen LogP contribution in [0.15, 0.2) is 24.3 Å². The van der Waals surface area contributed by atoms with Crippen molar-refractivity contribution in [3.8, 4) is 0 Å². The van der Waals surface area contributed by atoms with Crippen molar-refractivity contribution in [3.05, 3.63) is 29.8 Å². The van der Waals surface area contributed by atoms with E-state index in [1.165, 1.54) is 4.90 Å². The fourth-order valence-electron chi connectivity index (χ4n) is 3.29. The maximum atomic E-state index is 12.8. The third-order valence-electron chi connectivity index (χ3n) is 4.64. The Hall–Kier alpha value is -2.02. The van der Waals surface area contributed by atoms with Crippen molar-refractivity contribution in [2.75, 3.05) is 17.6 Å². The fourth-order valence-corrected chi connectivity index (χ4v) is 4.25. The quantitative estimate of drug-likeness (QED) is 0.742. The number of amides is 2. The van der Waals surface area contributed by atoms with Gasteiger partial charge in [-0.05, 0) is 49.1 Å². The van der Waals surface area contributed by atoms with Gasteiger partial charge in [0.15, 0.2) is 0 Å². The number of piperidine rings is 1. The molecule has 2 atom stereocenters. The number of rotatable bonds is 7. The molecular weight excluding hydrogens is 364 g/mol. The Balaban J connectivity index is 2.15. The first-order chi connectivity index (χ1) is 12.8. The monoisotopic (exact) mass is 392 g/mol. The van der Waals surface area contributed by atoms with Gasteiger partial charge in [0.2, 0.25) is 5.91 Å². The highest BCUT2D eigenvalue weighted by atomic mass is 32.2. The summed E-state index contributed by atoms with van der Waals surface area (Å²) in [5, 5.41) is 12.1. The summed E-state index contributed by atoms with van der Waals surface area (Å²) in [5.41, 5.74) is 0.947. The Morgan fingerprint density at radius 2 is 2.04 bits per heavy atom. The average molecular weight is 393 g/mol. The molecule has 1 aromatic rings. The molecule has 0 radical (unpaired) electrons. The van der Waals surface area contributed by atoms with Crippen molar-refractivity contribution in [1.82, 2.24) is 4.90 Å². The number of aliphatic carboxylic acids is 1. The first kappa shape index (κ1) is 21.3. The van der Waals surface area contributed by atoms with Crippen LogP contribution in [0.2, 0.25) is 0 Å². The van der Waals surface area contributed by atoms with Crippen LogP contribution in [0, 0.1) is 5.92 Å². The Labute approximate surface area is 164 Å². The summed E-state index contributed by atoms with van der Waals surface area (Å²) in [5.74, 6) is -0.307. The van der Waals surface area contributed by atoms with Crippen molar-refractivity contribution in [2.24, 2.45) is 5.92 Å². The van der Waals surface area contributed by atoms with Crippen LogP contribution >= 0.6 is 11.8 Å². The number of thioether (sulfide) groups is 1. The van der Waals surface area contributed by atoms with E-state index in [1.54, 1.807) is 36.0 Å². The van der Waals surface area contributed by atoms with Gasteiger partial charge in [-0.25, -0.2) is 4.79 Å².